The minimum Gasteiger partial charge on any atom is -0.497 e. The first kappa shape index (κ1) is 14.8. The number of rotatable bonds is 4. The van der Waals surface area contributed by atoms with Gasteiger partial charge in [0.1, 0.15) is 11.5 Å². The van der Waals surface area contributed by atoms with Gasteiger partial charge in [-0.25, -0.2) is 0 Å². The van der Waals surface area contributed by atoms with Crippen molar-refractivity contribution in [1.82, 2.24) is 10.1 Å². The predicted molar refractivity (Wildman–Crippen MR) is 83.0 cm³/mol. The van der Waals surface area contributed by atoms with Crippen molar-refractivity contribution >= 4 is 5.97 Å². The van der Waals surface area contributed by atoms with Crippen LogP contribution in [0.3, 0.4) is 0 Å². The predicted octanol–water partition coefficient (Wildman–Crippen LogP) is 3.34. The minimum absolute atomic E-state index is 0.362. The SMILES string of the molecule is COc1ccc(-c2nc(-c3ccc(OC(C)=O)cc3)no2)cc1. The first-order valence-corrected chi connectivity index (χ1v) is 6.92. The maximum atomic E-state index is 10.9. The van der Waals surface area contributed by atoms with E-state index in [2.05, 4.69) is 10.1 Å². The van der Waals surface area contributed by atoms with Crippen molar-refractivity contribution in [2.24, 2.45) is 0 Å². The fourth-order valence-corrected chi connectivity index (χ4v) is 2.03. The van der Waals surface area contributed by atoms with Gasteiger partial charge in [-0.2, -0.15) is 4.98 Å². The van der Waals surface area contributed by atoms with Crippen LogP contribution in [0.1, 0.15) is 6.92 Å². The molecule has 0 saturated heterocycles. The second-order valence-corrected chi connectivity index (χ2v) is 4.77. The lowest BCUT2D eigenvalue weighted by Crippen LogP contribution is -2.00. The van der Waals surface area contributed by atoms with Crippen LogP contribution in [-0.4, -0.2) is 23.2 Å². The molecule has 6 nitrogen and oxygen atoms in total. The summed E-state index contributed by atoms with van der Waals surface area (Å²) < 4.78 is 15.4. The third-order valence-corrected chi connectivity index (χ3v) is 3.14. The number of hydrogen-bond acceptors (Lipinski definition) is 6. The van der Waals surface area contributed by atoms with Crippen LogP contribution in [0, 0.1) is 0 Å². The summed E-state index contributed by atoms with van der Waals surface area (Å²) in [5.74, 6) is 1.76. The molecule has 0 fully saturated rings. The maximum Gasteiger partial charge on any atom is 0.308 e. The smallest absolute Gasteiger partial charge is 0.308 e. The topological polar surface area (TPSA) is 74.5 Å². The van der Waals surface area contributed by atoms with Gasteiger partial charge in [0.15, 0.2) is 0 Å². The Kier molecular flexibility index (Phi) is 4.05. The second-order valence-electron chi connectivity index (χ2n) is 4.77. The Bertz CT molecular complexity index is 807. The Morgan fingerprint density at radius 2 is 1.57 bits per heavy atom. The number of aromatic nitrogens is 2. The summed E-state index contributed by atoms with van der Waals surface area (Å²) in [4.78, 5) is 15.3. The van der Waals surface area contributed by atoms with E-state index >= 15 is 0 Å². The van der Waals surface area contributed by atoms with Crippen LogP contribution in [0.4, 0.5) is 0 Å². The average Bonchev–Trinajstić information content (AvgIpc) is 3.05. The van der Waals surface area contributed by atoms with E-state index in [1.807, 2.05) is 24.3 Å². The summed E-state index contributed by atoms with van der Waals surface area (Å²) in [6, 6.07) is 14.2. The Morgan fingerprint density at radius 1 is 0.957 bits per heavy atom. The van der Waals surface area contributed by atoms with Gasteiger partial charge >= 0.3 is 5.97 Å². The van der Waals surface area contributed by atoms with E-state index in [1.165, 1.54) is 6.92 Å². The monoisotopic (exact) mass is 310 g/mol. The zero-order chi connectivity index (χ0) is 16.2. The summed E-state index contributed by atoms with van der Waals surface area (Å²) in [5.41, 5.74) is 1.57. The van der Waals surface area contributed by atoms with E-state index in [9.17, 15) is 4.79 Å². The number of carbonyl (C=O) groups is 1. The molecule has 0 amide bonds. The Balaban J connectivity index is 1.81. The molecule has 0 atom stereocenters. The van der Waals surface area contributed by atoms with Crippen LogP contribution in [0.25, 0.3) is 22.8 Å². The van der Waals surface area contributed by atoms with Crippen LogP contribution >= 0.6 is 0 Å². The van der Waals surface area contributed by atoms with Crippen molar-refractivity contribution in [3.8, 4) is 34.3 Å². The number of methoxy groups -OCH3 is 1. The van der Waals surface area contributed by atoms with E-state index in [-0.39, 0.29) is 5.97 Å². The lowest BCUT2D eigenvalue weighted by Gasteiger charge is -2.00. The molecule has 116 valence electrons. The molecule has 2 aromatic carbocycles. The van der Waals surface area contributed by atoms with Gasteiger partial charge in [-0.3, -0.25) is 4.79 Å². The highest BCUT2D eigenvalue weighted by Gasteiger charge is 2.11. The summed E-state index contributed by atoms with van der Waals surface area (Å²) >= 11 is 0. The number of carbonyl (C=O) groups excluding carboxylic acids is 1. The Morgan fingerprint density at radius 3 is 2.17 bits per heavy atom. The van der Waals surface area contributed by atoms with Gasteiger partial charge in [0.05, 0.1) is 7.11 Å². The zero-order valence-corrected chi connectivity index (χ0v) is 12.6. The fraction of sp³-hybridized carbons (Fsp3) is 0.118. The summed E-state index contributed by atoms with van der Waals surface area (Å²) in [5, 5.41) is 3.97. The van der Waals surface area contributed by atoms with Crippen molar-refractivity contribution in [2.45, 2.75) is 6.92 Å². The Labute approximate surface area is 132 Å². The molecule has 3 rings (SSSR count). The van der Waals surface area contributed by atoms with Gasteiger partial charge < -0.3 is 14.0 Å². The second kappa shape index (κ2) is 6.31. The highest BCUT2D eigenvalue weighted by molar-refractivity contribution is 5.69. The average molecular weight is 310 g/mol. The van der Waals surface area contributed by atoms with E-state index in [4.69, 9.17) is 14.0 Å². The molecular weight excluding hydrogens is 296 g/mol. The summed E-state index contributed by atoms with van der Waals surface area (Å²) in [7, 11) is 1.61. The molecule has 1 heterocycles. The van der Waals surface area contributed by atoms with Crippen LogP contribution in [0.2, 0.25) is 0 Å². The normalized spacial score (nSPS) is 10.3. The summed E-state index contributed by atoms with van der Waals surface area (Å²) in [6.07, 6.45) is 0. The van der Waals surface area contributed by atoms with E-state index in [0.29, 0.717) is 17.5 Å². The van der Waals surface area contributed by atoms with Gasteiger partial charge in [-0.1, -0.05) is 5.16 Å². The molecule has 0 aliphatic carbocycles. The number of benzene rings is 2. The molecule has 23 heavy (non-hydrogen) atoms. The fourth-order valence-electron chi connectivity index (χ4n) is 2.03. The molecule has 0 radical (unpaired) electrons. The quantitative estimate of drug-likeness (QED) is 0.543. The van der Waals surface area contributed by atoms with Crippen LogP contribution in [-0.2, 0) is 4.79 Å². The molecule has 6 heteroatoms. The third kappa shape index (κ3) is 3.37. The van der Waals surface area contributed by atoms with Gasteiger partial charge in [0, 0.05) is 18.1 Å². The van der Waals surface area contributed by atoms with Crippen molar-refractivity contribution in [3.05, 3.63) is 48.5 Å². The van der Waals surface area contributed by atoms with Gasteiger partial charge in [0.2, 0.25) is 5.82 Å². The van der Waals surface area contributed by atoms with E-state index in [1.54, 1.807) is 31.4 Å². The number of hydrogen-bond donors (Lipinski definition) is 0. The van der Waals surface area contributed by atoms with Crippen LogP contribution in [0.15, 0.2) is 53.1 Å². The Hall–Kier alpha value is -3.15. The summed E-state index contributed by atoms with van der Waals surface area (Å²) in [6.45, 7) is 1.36. The standard InChI is InChI=1S/C17H14N2O4/c1-11(20)22-15-9-3-12(4-10-15)16-18-17(23-19-16)13-5-7-14(21-2)8-6-13/h3-10H,1-2H3. The first-order chi connectivity index (χ1) is 11.2. The van der Waals surface area contributed by atoms with E-state index in [0.717, 1.165) is 16.9 Å². The molecule has 1 aromatic heterocycles. The third-order valence-electron chi connectivity index (χ3n) is 3.14. The number of nitrogens with zero attached hydrogens (tertiary/aromatic N) is 2. The van der Waals surface area contributed by atoms with Crippen LogP contribution in [0.5, 0.6) is 11.5 Å². The molecule has 0 aliphatic rings. The van der Waals surface area contributed by atoms with Crippen molar-refractivity contribution in [3.63, 3.8) is 0 Å². The molecule has 0 spiro atoms. The number of esters is 1. The first-order valence-electron chi connectivity index (χ1n) is 6.92. The molecule has 3 aromatic rings. The van der Waals surface area contributed by atoms with Crippen LogP contribution < -0.4 is 9.47 Å². The highest BCUT2D eigenvalue weighted by atomic mass is 16.5. The molecule has 0 saturated carbocycles. The molecule has 0 aliphatic heterocycles. The maximum absolute atomic E-state index is 10.9. The van der Waals surface area contributed by atoms with Gasteiger partial charge in [-0.05, 0) is 48.5 Å². The molecule has 0 N–H and O–H groups in total. The molecular formula is C17H14N2O4. The van der Waals surface area contributed by atoms with Crippen molar-refractivity contribution in [1.29, 1.82) is 0 Å². The van der Waals surface area contributed by atoms with Gasteiger partial charge in [0.25, 0.3) is 5.89 Å². The number of ether oxygens (including phenoxy) is 2. The lowest BCUT2D eigenvalue weighted by atomic mass is 10.2. The molecule has 0 bridgehead atoms. The lowest BCUT2D eigenvalue weighted by molar-refractivity contribution is -0.131. The molecule has 0 unspecified atom stereocenters. The van der Waals surface area contributed by atoms with Gasteiger partial charge in [-0.15, -0.1) is 0 Å². The van der Waals surface area contributed by atoms with Crippen molar-refractivity contribution < 1.29 is 18.8 Å². The zero-order valence-electron chi connectivity index (χ0n) is 12.6. The van der Waals surface area contributed by atoms with Crippen molar-refractivity contribution in [2.75, 3.05) is 7.11 Å². The van der Waals surface area contributed by atoms with E-state index < -0.39 is 0 Å². The highest BCUT2D eigenvalue weighted by Crippen LogP contribution is 2.25. The largest absolute Gasteiger partial charge is 0.497 e. The minimum atomic E-state index is -0.362.